The van der Waals surface area contributed by atoms with Crippen molar-refractivity contribution >= 4 is 39.6 Å². The zero-order chi connectivity index (χ0) is 19.6. The van der Waals surface area contributed by atoms with E-state index < -0.39 is 11.8 Å². The Kier molecular flexibility index (Phi) is 7.40. The van der Waals surface area contributed by atoms with E-state index in [9.17, 15) is 9.59 Å². The van der Waals surface area contributed by atoms with Crippen molar-refractivity contribution in [1.29, 1.82) is 0 Å². The Morgan fingerprint density at radius 3 is 2.74 bits per heavy atom. The first-order chi connectivity index (χ1) is 13.0. The largest absolute Gasteiger partial charge is 0.495 e. The lowest BCUT2D eigenvalue weighted by molar-refractivity contribution is -0.136. The molecule has 2 rings (SSSR count). The van der Waals surface area contributed by atoms with E-state index >= 15 is 0 Å². The summed E-state index contributed by atoms with van der Waals surface area (Å²) in [5.41, 5.74) is 3.11. The van der Waals surface area contributed by atoms with Gasteiger partial charge in [0, 0.05) is 10.0 Å². The molecule has 0 saturated carbocycles. The van der Waals surface area contributed by atoms with Crippen LogP contribution in [0.2, 0.25) is 0 Å². The fraction of sp³-hybridized carbons (Fsp3) is 0.105. The van der Waals surface area contributed by atoms with E-state index in [0.29, 0.717) is 22.7 Å². The lowest BCUT2D eigenvalue weighted by Gasteiger charge is -2.09. The molecule has 8 heteroatoms. The zero-order valence-electron chi connectivity index (χ0n) is 14.4. The van der Waals surface area contributed by atoms with Crippen LogP contribution in [-0.4, -0.2) is 31.7 Å². The average molecular weight is 430 g/mol. The number of ether oxygens (including phenoxy) is 2. The van der Waals surface area contributed by atoms with E-state index in [1.54, 1.807) is 42.5 Å². The molecule has 138 valence electrons. The maximum absolute atomic E-state index is 12.0. The van der Waals surface area contributed by atoms with E-state index in [0.717, 1.165) is 4.47 Å². The van der Waals surface area contributed by atoms with Crippen molar-refractivity contribution in [3.63, 3.8) is 0 Å². The number of halogens is 1. The van der Waals surface area contributed by atoms with Crippen molar-refractivity contribution in [3.05, 3.63) is 52.5 Å². The van der Waals surface area contributed by atoms with Crippen molar-refractivity contribution in [2.24, 2.45) is 5.10 Å². The minimum absolute atomic E-state index is 0.0934. The van der Waals surface area contributed by atoms with Crippen LogP contribution < -0.4 is 20.2 Å². The van der Waals surface area contributed by atoms with Gasteiger partial charge in [-0.1, -0.05) is 34.0 Å². The smallest absolute Gasteiger partial charge is 0.329 e. The third kappa shape index (κ3) is 5.87. The number of benzene rings is 2. The molecule has 0 aliphatic heterocycles. The Hall–Kier alpha value is -3.31. The monoisotopic (exact) mass is 429 g/mol. The van der Waals surface area contributed by atoms with E-state index in [4.69, 9.17) is 15.9 Å². The molecule has 2 N–H and O–H groups in total. The SMILES string of the molecule is C#CCOc1ccc(Br)cc1/C=N/NC(=O)C(=O)Nc1ccccc1OC. The second-order valence-corrected chi connectivity index (χ2v) is 5.94. The standard InChI is InChI=1S/C19H16BrN3O4/c1-3-10-27-16-9-8-14(20)11-13(16)12-21-23-19(25)18(24)22-15-6-4-5-7-17(15)26-2/h1,4-9,11-12H,10H2,2H3,(H,22,24)(H,23,25)/b21-12+. The second kappa shape index (κ2) is 9.99. The van der Waals surface area contributed by atoms with Gasteiger partial charge in [0.1, 0.15) is 18.1 Å². The number of methoxy groups -OCH3 is 1. The Morgan fingerprint density at radius 2 is 2.00 bits per heavy atom. The summed E-state index contributed by atoms with van der Waals surface area (Å²) in [6.07, 6.45) is 6.54. The summed E-state index contributed by atoms with van der Waals surface area (Å²) in [5.74, 6) is 1.49. The van der Waals surface area contributed by atoms with Crippen molar-refractivity contribution in [2.75, 3.05) is 19.0 Å². The Labute approximate surface area is 164 Å². The number of hydrogen-bond acceptors (Lipinski definition) is 5. The molecule has 2 aromatic carbocycles. The quantitative estimate of drug-likeness (QED) is 0.319. The Bertz CT molecular complexity index is 906. The van der Waals surface area contributed by atoms with Crippen LogP contribution in [0, 0.1) is 12.3 Å². The number of carbonyl (C=O) groups excluding carboxylic acids is 2. The van der Waals surface area contributed by atoms with Gasteiger partial charge < -0.3 is 14.8 Å². The lowest BCUT2D eigenvalue weighted by atomic mass is 10.2. The third-order valence-electron chi connectivity index (χ3n) is 3.21. The highest BCUT2D eigenvalue weighted by Gasteiger charge is 2.15. The molecular formula is C19H16BrN3O4. The lowest BCUT2D eigenvalue weighted by Crippen LogP contribution is -2.32. The minimum atomic E-state index is -0.932. The molecule has 0 saturated heterocycles. The molecule has 2 aromatic rings. The van der Waals surface area contributed by atoms with Crippen LogP contribution in [0.3, 0.4) is 0 Å². The number of hydrogen-bond donors (Lipinski definition) is 2. The van der Waals surface area contributed by atoms with Crippen LogP contribution in [0.1, 0.15) is 5.56 Å². The first kappa shape index (κ1) is 20.0. The highest BCUT2D eigenvalue weighted by Crippen LogP contribution is 2.23. The fourth-order valence-corrected chi connectivity index (χ4v) is 2.39. The van der Waals surface area contributed by atoms with Crippen LogP contribution in [0.5, 0.6) is 11.5 Å². The number of rotatable bonds is 6. The maximum Gasteiger partial charge on any atom is 0.329 e. The van der Waals surface area contributed by atoms with Gasteiger partial charge in [0.25, 0.3) is 0 Å². The second-order valence-electron chi connectivity index (χ2n) is 5.03. The van der Waals surface area contributed by atoms with Gasteiger partial charge in [-0.15, -0.1) is 6.42 Å². The van der Waals surface area contributed by atoms with E-state index in [1.807, 2.05) is 0 Å². The average Bonchev–Trinajstić information content (AvgIpc) is 2.67. The normalized spacial score (nSPS) is 10.1. The molecule has 0 aliphatic rings. The summed E-state index contributed by atoms with van der Waals surface area (Å²) in [4.78, 5) is 23.9. The number of nitrogens with one attached hydrogen (secondary N) is 2. The van der Waals surface area contributed by atoms with Crippen LogP contribution in [0.25, 0.3) is 0 Å². The van der Waals surface area contributed by atoms with Gasteiger partial charge in [-0.3, -0.25) is 9.59 Å². The van der Waals surface area contributed by atoms with Crippen LogP contribution in [0.4, 0.5) is 5.69 Å². The van der Waals surface area contributed by atoms with Gasteiger partial charge >= 0.3 is 11.8 Å². The van der Waals surface area contributed by atoms with Crippen LogP contribution in [0.15, 0.2) is 52.0 Å². The molecule has 7 nitrogen and oxygen atoms in total. The van der Waals surface area contributed by atoms with Gasteiger partial charge in [-0.25, -0.2) is 5.43 Å². The molecule has 2 amide bonds. The summed E-state index contributed by atoms with van der Waals surface area (Å²) in [5, 5.41) is 6.24. The van der Waals surface area contributed by atoms with Crippen molar-refractivity contribution < 1.29 is 19.1 Å². The van der Waals surface area contributed by atoms with E-state index in [-0.39, 0.29) is 6.61 Å². The molecule has 0 heterocycles. The third-order valence-corrected chi connectivity index (χ3v) is 3.71. The van der Waals surface area contributed by atoms with Crippen LogP contribution in [-0.2, 0) is 9.59 Å². The van der Waals surface area contributed by atoms with Gasteiger partial charge in [-0.2, -0.15) is 5.10 Å². The number of amides is 2. The summed E-state index contributed by atoms with van der Waals surface area (Å²) < 4.78 is 11.3. The Morgan fingerprint density at radius 1 is 1.22 bits per heavy atom. The van der Waals surface area contributed by atoms with Gasteiger partial charge in [0.2, 0.25) is 0 Å². The van der Waals surface area contributed by atoms with Gasteiger partial charge in [0.05, 0.1) is 19.0 Å². The number of nitrogens with zero attached hydrogens (tertiary/aromatic N) is 1. The minimum Gasteiger partial charge on any atom is -0.495 e. The van der Waals surface area contributed by atoms with Crippen LogP contribution >= 0.6 is 15.9 Å². The van der Waals surface area contributed by atoms with Crippen molar-refractivity contribution in [1.82, 2.24) is 5.43 Å². The van der Waals surface area contributed by atoms with Gasteiger partial charge in [-0.05, 0) is 30.3 Å². The molecule has 0 aliphatic carbocycles. The molecule has 0 radical (unpaired) electrons. The predicted octanol–water partition coefficient (Wildman–Crippen LogP) is 2.56. The number of hydrazone groups is 1. The first-order valence-corrected chi connectivity index (χ1v) is 8.47. The summed E-state index contributed by atoms with van der Waals surface area (Å²) in [6, 6.07) is 12.0. The molecular weight excluding hydrogens is 414 g/mol. The molecule has 0 unspecified atom stereocenters. The zero-order valence-corrected chi connectivity index (χ0v) is 15.9. The van der Waals surface area contributed by atoms with Crippen molar-refractivity contribution in [2.45, 2.75) is 0 Å². The highest BCUT2D eigenvalue weighted by molar-refractivity contribution is 9.10. The molecule has 0 fully saturated rings. The number of anilines is 1. The topological polar surface area (TPSA) is 89.0 Å². The van der Waals surface area contributed by atoms with E-state index in [2.05, 4.69) is 37.7 Å². The van der Waals surface area contributed by atoms with Crippen molar-refractivity contribution in [3.8, 4) is 23.8 Å². The molecule has 0 bridgehead atoms. The van der Waals surface area contributed by atoms with Gasteiger partial charge in [0.15, 0.2) is 0 Å². The summed E-state index contributed by atoms with van der Waals surface area (Å²) in [7, 11) is 1.47. The highest BCUT2D eigenvalue weighted by atomic mass is 79.9. The summed E-state index contributed by atoms with van der Waals surface area (Å²) in [6.45, 7) is 0.0934. The first-order valence-electron chi connectivity index (χ1n) is 7.68. The number of terminal acetylenes is 1. The number of carbonyl (C=O) groups is 2. The molecule has 0 spiro atoms. The number of para-hydroxylation sites is 2. The Balaban J connectivity index is 2.01. The summed E-state index contributed by atoms with van der Waals surface area (Å²) >= 11 is 3.34. The molecule has 27 heavy (non-hydrogen) atoms. The maximum atomic E-state index is 12.0. The predicted molar refractivity (Wildman–Crippen MR) is 106 cm³/mol. The molecule has 0 aromatic heterocycles. The molecule has 0 atom stereocenters. The van der Waals surface area contributed by atoms with E-state index in [1.165, 1.54) is 13.3 Å². The fourth-order valence-electron chi connectivity index (χ4n) is 2.01.